The molecule has 1 rings (SSSR count). The predicted octanol–water partition coefficient (Wildman–Crippen LogP) is -0.762. The summed E-state index contributed by atoms with van der Waals surface area (Å²) in [6.07, 6.45) is 1.31. The van der Waals surface area contributed by atoms with E-state index in [4.69, 9.17) is 0 Å². The molecule has 0 N–H and O–H groups in total. The van der Waals surface area contributed by atoms with E-state index in [-0.39, 0.29) is 12.2 Å². The number of aromatic nitrogens is 3. The predicted molar refractivity (Wildman–Crippen MR) is 43.4 cm³/mol. The molecule has 0 bridgehead atoms. The summed E-state index contributed by atoms with van der Waals surface area (Å²) in [6.45, 7) is -0.0828. The van der Waals surface area contributed by atoms with Gasteiger partial charge in [0, 0.05) is 0 Å². The van der Waals surface area contributed by atoms with E-state index >= 15 is 0 Å². The molecular formula is C7H9N3O4. The summed E-state index contributed by atoms with van der Waals surface area (Å²) in [5.41, 5.74) is 0.0522. The number of ether oxygens (including phenoxy) is 2. The van der Waals surface area contributed by atoms with Gasteiger partial charge in [0.05, 0.1) is 20.4 Å². The Morgan fingerprint density at radius 1 is 1.43 bits per heavy atom. The van der Waals surface area contributed by atoms with E-state index in [1.807, 2.05) is 0 Å². The van der Waals surface area contributed by atoms with Crippen LogP contribution in [-0.4, -0.2) is 41.2 Å². The number of carbonyl (C=O) groups is 2. The molecule has 0 unspecified atom stereocenters. The molecule has 1 aromatic rings. The van der Waals surface area contributed by atoms with Crippen molar-refractivity contribution in [3.8, 4) is 0 Å². The van der Waals surface area contributed by atoms with Crippen LogP contribution in [0.15, 0.2) is 6.20 Å². The van der Waals surface area contributed by atoms with E-state index in [1.54, 1.807) is 0 Å². The average Bonchev–Trinajstić information content (AvgIpc) is 2.65. The smallest absolute Gasteiger partial charge is 0.360 e. The maximum absolute atomic E-state index is 10.9. The molecule has 1 aromatic heterocycles. The average molecular weight is 199 g/mol. The van der Waals surface area contributed by atoms with Crippen molar-refractivity contribution in [1.82, 2.24) is 15.0 Å². The van der Waals surface area contributed by atoms with Gasteiger partial charge in [0.25, 0.3) is 0 Å². The molecule has 0 spiro atoms. The van der Waals surface area contributed by atoms with Crippen molar-refractivity contribution in [2.75, 3.05) is 14.2 Å². The van der Waals surface area contributed by atoms with Gasteiger partial charge in [0.1, 0.15) is 6.54 Å². The molecule has 76 valence electrons. The topological polar surface area (TPSA) is 83.3 Å². The number of methoxy groups -OCH3 is 2. The van der Waals surface area contributed by atoms with Crippen LogP contribution in [0.1, 0.15) is 10.5 Å². The van der Waals surface area contributed by atoms with E-state index in [9.17, 15) is 9.59 Å². The lowest BCUT2D eigenvalue weighted by atomic mass is 10.5. The van der Waals surface area contributed by atoms with Gasteiger partial charge in [-0.1, -0.05) is 5.21 Å². The Balaban J connectivity index is 2.68. The summed E-state index contributed by atoms with van der Waals surface area (Å²) in [5.74, 6) is -1.06. The fourth-order valence-corrected chi connectivity index (χ4v) is 0.771. The lowest BCUT2D eigenvalue weighted by molar-refractivity contribution is -0.141. The molecule has 0 aliphatic rings. The molecule has 1 heterocycles. The minimum Gasteiger partial charge on any atom is -0.468 e. The number of esters is 2. The van der Waals surface area contributed by atoms with E-state index in [0.717, 1.165) is 0 Å². The molecule has 0 aliphatic carbocycles. The van der Waals surface area contributed by atoms with Crippen molar-refractivity contribution in [3.05, 3.63) is 11.9 Å². The van der Waals surface area contributed by atoms with Crippen LogP contribution in [0.5, 0.6) is 0 Å². The van der Waals surface area contributed by atoms with Crippen LogP contribution in [0.4, 0.5) is 0 Å². The molecule has 0 fully saturated rings. The van der Waals surface area contributed by atoms with Gasteiger partial charge < -0.3 is 9.47 Å². The zero-order chi connectivity index (χ0) is 10.6. The summed E-state index contributed by atoms with van der Waals surface area (Å²) in [7, 11) is 2.50. The fourth-order valence-electron chi connectivity index (χ4n) is 0.771. The molecule has 0 saturated heterocycles. The van der Waals surface area contributed by atoms with Gasteiger partial charge in [-0.05, 0) is 0 Å². The van der Waals surface area contributed by atoms with Crippen LogP contribution >= 0.6 is 0 Å². The Morgan fingerprint density at radius 2 is 2.14 bits per heavy atom. The van der Waals surface area contributed by atoms with Gasteiger partial charge >= 0.3 is 11.9 Å². The monoisotopic (exact) mass is 199 g/mol. The first-order chi connectivity index (χ1) is 6.67. The molecule has 14 heavy (non-hydrogen) atoms. The van der Waals surface area contributed by atoms with E-state index in [1.165, 1.54) is 25.1 Å². The minimum atomic E-state index is -0.596. The first kappa shape index (κ1) is 10.2. The van der Waals surface area contributed by atoms with Gasteiger partial charge in [-0.15, -0.1) is 5.10 Å². The minimum absolute atomic E-state index is 0.0522. The van der Waals surface area contributed by atoms with Gasteiger partial charge in [-0.2, -0.15) is 0 Å². The normalized spacial score (nSPS) is 9.57. The fraction of sp³-hybridized carbons (Fsp3) is 0.429. The van der Waals surface area contributed by atoms with Crippen molar-refractivity contribution in [3.63, 3.8) is 0 Å². The first-order valence-electron chi connectivity index (χ1n) is 3.72. The largest absolute Gasteiger partial charge is 0.468 e. The van der Waals surface area contributed by atoms with Crippen molar-refractivity contribution < 1.29 is 19.1 Å². The third-order valence-corrected chi connectivity index (χ3v) is 1.45. The maximum Gasteiger partial charge on any atom is 0.360 e. The standard InChI is InChI=1S/C7H9N3O4/c1-13-6(11)4-10-3-5(8-9-10)7(12)14-2/h3H,4H2,1-2H3. The van der Waals surface area contributed by atoms with Crippen LogP contribution in [0.3, 0.4) is 0 Å². The van der Waals surface area contributed by atoms with Crippen LogP contribution in [0.2, 0.25) is 0 Å². The zero-order valence-corrected chi connectivity index (χ0v) is 7.76. The molecule has 0 atom stereocenters. The number of hydrogen-bond donors (Lipinski definition) is 0. The number of nitrogens with zero attached hydrogens (tertiary/aromatic N) is 3. The highest BCUT2D eigenvalue weighted by molar-refractivity contribution is 5.86. The molecule has 0 aromatic carbocycles. The molecule has 7 nitrogen and oxygen atoms in total. The third-order valence-electron chi connectivity index (χ3n) is 1.45. The van der Waals surface area contributed by atoms with E-state index < -0.39 is 11.9 Å². The van der Waals surface area contributed by atoms with Crippen molar-refractivity contribution in [2.24, 2.45) is 0 Å². The Morgan fingerprint density at radius 3 is 2.71 bits per heavy atom. The summed E-state index contributed by atoms with van der Waals surface area (Å²) >= 11 is 0. The SMILES string of the molecule is COC(=O)Cn1cc(C(=O)OC)nn1. The Labute approximate surface area is 79.6 Å². The van der Waals surface area contributed by atoms with Crippen LogP contribution in [-0.2, 0) is 20.8 Å². The van der Waals surface area contributed by atoms with Crippen LogP contribution < -0.4 is 0 Å². The Hall–Kier alpha value is -1.92. The Kier molecular flexibility index (Phi) is 3.16. The molecule has 0 saturated carbocycles. The summed E-state index contributed by atoms with van der Waals surface area (Å²) in [6, 6.07) is 0. The summed E-state index contributed by atoms with van der Waals surface area (Å²) in [4.78, 5) is 21.7. The second-order valence-electron chi connectivity index (χ2n) is 2.37. The van der Waals surface area contributed by atoms with Crippen molar-refractivity contribution in [2.45, 2.75) is 6.54 Å². The highest BCUT2D eigenvalue weighted by atomic mass is 16.5. The van der Waals surface area contributed by atoms with Crippen molar-refractivity contribution >= 4 is 11.9 Å². The highest BCUT2D eigenvalue weighted by Gasteiger charge is 2.11. The summed E-state index contributed by atoms with van der Waals surface area (Å²) < 4.78 is 10.0. The zero-order valence-electron chi connectivity index (χ0n) is 7.76. The highest BCUT2D eigenvalue weighted by Crippen LogP contribution is 1.95. The second-order valence-corrected chi connectivity index (χ2v) is 2.37. The molecule has 0 amide bonds. The van der Waals surface area contributed by atoms with Crippen LogP contribution in [0, 0.1) is 0 Å². The quantitative estimate of drug-likeness (QED) is 0.595. The lowest BCUT2D eigenvalue weighted by Crippen LogP contribution is -2.11. The van der Waals surface area contributed by atoms with E-state index in [0.29, 0.717) is 0 Å². The lowest BCUT2D eigenvalue weighted by Gasteiger charge is -1.96. The van der Waals surface area contributed by atoms with Gasteiger partial charge in [0.15, 0.2) is 5.69 Å². The first-order valence-corrected chi connectivity index (χ1v) is 3.72. The molecule has 7 heteroatoms. The molecular weight excluding hydrogens is 190 g/mol. The van der Waals surface area contributed by atoms with Gasteiger partial charge in [-0.25, -0.2) is 9.48 Å². The van der Waals surface area contributed by atoms with Crippen LogP contribution in [0.25, 0.3) is 0 Å². The second kappa shape index (κ2) is 4.35. The molecule has 0 radical (unpaired) electrons. The molecule has 0 aliphatic heterocycles. The Bertz CT molecular complexity index is 346. The third kappa shape index (κ3) is 2.28. The van der Waals surface area contributed by atoms with Crippen molar-refractivity contribution in [1.29, 1.82) is 0 Å². The number of hydrogen-bond acceptors (Lipinski definition) is 6. The number of rotatable bonds is 3. The number of carbonyl (C=O) groups excluding carboxylic acids is 2. The van der Waals surface area contributed by atoms with Gasteiger partial charge in [-0.3, -0.25) is 4.79 Å². The van der Waals surface area contributed by atoms with Gasteiger partial charge in [0.2, 0.25) is 0 Å². The maximum atomic E-state index is 10.9. The van der Waals surface area contributed by atoms with E-state index in [2.05, 4.69) is 19.8 Å². The summed E-state index contributed by atoms with van der Waals surface area (Å²) in [5, 5.41) is 7.04.